The van der Waals surface area contributed by atoms with E-state index in [-0.39, 0.29) is 24.7 Å². The number of hydrogen-bond donors (Lipinski definition) is 2. The van der Waals surface area contributed by atoms with Crippen molar-refractivity contribution >= 4 is 11.9 Å². The quantitative estimate of drug-likeness (QED) is 0.890. The van der Waals surface area contributed by atoms with Crippen LogP contribution in [0.25, 0.3) is 0 Å². The molecule has 1 aromatic rings. The number of carbonyl (C=O) groups is 2. The van der Waals surface area contributed by atoms with Crippen molar-refractivity contribution < 1.29 is 24.2 Å². The SMILES string of the molecule is CC(NC(=O)C1CCCC(C(=O)O)C1)c1ccc2c(c1)OCO2. The standard InChI is InChI=1S/C17H21NO5/c1-10(11-5-6-14-15(8-11)23-9-22-14)18-16(19)12-3-2-4-13(7-12)17(20)21/h5-6,8,10,12-13H,2-4,7,9H2,1H3,(H,18,19)(H,20,21). The summed E-state index contributed by atoms with van der Waals surface area (Å²) in [4.78, 5) is 23.5. The Morgan fingerprint density at radius 3 is 2.74 bits per heavy atom. The topological polar surface area (TPSA) is 84.9 Å². The van der Waals surface area contributed by atoms with Gasteiger partial charge in [0.25, 0.3) is 0 Å². The molecule has 2 N–H and O–H groups in total. The van der Waals surface area contributed by atoms with E-state index in [1.807, 2.05) is 25.1 Å². The van der Waals surface area contributed by atoms with Gasteiger partial charge >= 0.3 is 5.97 Å². The summed E-state index contributed by atoms with van der Waals surface area (Å²) < 4.78 is 10.6. The monoisotopic (exact) mass is 319 g/mol. The van der Waals surface area contributed by atoms with Crippen LogP contribution in [0.3, 0.4) is 0 Å². The average Bonchev–Trinajstić information content (AvgIpc) is 3.02. The fourth-order valence-corrected chi connectivity index (χ4v) is 3.25. The van der Waals surface area contributed by atoms with E-state index in [4.69, 9.17) is 14.6 Å². The number of hydrogen-bond acceptors (Lipinski definition) is 4. The molecule has 23 heavy (non-hydrogen) atoms. The van der Waals surface area contributed by atoms with Gasteiger partial charge in [-0.1, -0.05) is 12.5 Å². The van der Waals surface area contributed by atoms with Crippen LogP contribution in [-0.2, 0) is 9.59 Å². The largest absolute Gasteiger partial charge is 0.481 e. The Labute approximate surface area is 134 Å². The lowest BCUT2D eigenvalue weighted by Gasteiger charge is -2.27. The molecule has 6 nitrogen and oxygen atoms in total. The first-order valence-corrected chi connectivity index (χ1v) is 7.97. The number of carboxylic acid groups (broad SMARTS) is 1. The Morgan fingerprint density at radius 2 is 1.96 bits per heavy atom. The Hall–Kier alpha value is -2.24. The normalized spacial score (nSPS) is 24.0. The molecule has 0 aromatic heterocycles. The summed E-state index contributed by atoms with van der Waals surface area (Å²) in [7, 11) is 0. The molecule has 0 bridgehead atoms. The summed E-state index contributed by atoms with van der Waals surface area (Å²) in [6, 6.07) is 5.44. The molecule has 0 saturated heterocycles. The molecule has 1 aliphatic heterocycles. The highest BCUT2D eigenvalue weighted by molar-refractivity contribution is 5.80. The predicted molar refractivity (Wildman–Crippen MR) is 82.2 cm³/mol. The van der Waals surface area contributed by atoms with Crippen LogP contribution in [0.5, 0.6) is 11.5 Å². The van der Waals surface area contributed by atoms with E-state index >= 15 is 0 Å². The van der Waals surface area contributed by atoms with Gasteiger partial charge in [-0.05, 0) is 43.9 Å². The van der Waals surface area contributed by atoms with Crippen molar-refractivity contribution in [1.29, 1.82) is 0 Å². The molecule has 1 aromatic carbocycles. The van der Waals surface area contributed by atoms with Crippen molar-refractivity contribution in [3.05, 3.63) is 23.8 Å². The van der Waals surface area contributed by atoms with Crippen LogP contribution in [0.15, 0.2) is 18.2 Å². The van der Waals surface area contributed by atoms with Crippen LogP contribution in [0, 0.1) is 11.8 Å². The van der Waals surface area contributed by atoms with Gasteiger partial charge in [0.2, 0.25) is 12.7 Å². The smallest absolute Gasteiger partial charge is 0.306 e. The molecule has 6 heteroatoms. The van der Waals surface area contributed by atoms with Crippen molar-refractivity contribution in [1.82, 2.24) is 5.32 Å². The van der Waals surface area contributed by atoms with E-state index in [2.05, 4.69) is 5.32 Å². The number of carboxylic acids is 1. The molecule has 0 radical (unpaired) electrons. The van der Waals surface area contributed by atoms with Gasteiger partial charge in [0.1, 0.15) is 0 Å². The molecule has 1 amide bonds. The van der Waals surface area contributed by atoms with Crippen molar-refractivity contribution in [3.63, 3.8) is 0 Å². The summed E-state index contributed by atoms with van der Waals surface area (Å²) in [5, 5.41) is 12.1. The maximum Gasteiger partial charge on any atom is 0.306 e. The van der Waals surface area contributed by atoms with Crippen molar-refractivity contribution in [2.24, 2.45) is 11.8 Å². The number of ether oxygens (including phenoxy) is 2. The molecule has 1 aliphatic carbocycles. The van der Waals surface area contributed by atoms with Crippen molar-refractivity contribution in [3.8, 4) is 11.5 Å². The molecule has 2 aliphatic rings. The first-order valence-electron chi connectivity index (χ1n) is 7.97. The summed E-state index contributed by atoms with van der Waals surface area (Å²) in [5.41, 5.74) is 0.938. The minimum absolute atomic E-state index is 0.0684. The summed E-state index contributed by atoms with van der Waals surface area (Å²) in [6.07, 6.45) is 2.63. The van der Waals surface area contributed by atoms with Gasteiger partial charge in [0, 0.05) is 5.92 Å². The number of aliphatic carboxylic acids is 1. The lowest BCUT2D eigenvalue weighted by Crippen LogP contribution is -2.36. The van der Waals surface area contributed by atoms with E-state index < -0.39 is 11.9 Å². The summed E-state index contributed by atoms with van der Waals surface area (Å²) in [5.74, 6) is -0.0924. The third-order valence-corrected chi connectivity index (χ3v) is 4.65. The summed E-state index contributed by atoms with van der Waals surface area (Å²) >= 11 is 0. The van der Waals surface area contributed by atoms with Gasteiger partial charge < -0.3 is 19.9 Å². The van der Waals surface area contributed by atoms with Crippen LogP contribution in [0.1, 0.15) is 44.2 Å². The molecule has 3 atom stereocenters. The zero-order valence-electron chi connectivity index (χ0n) is 13.1. The molecule has 3 rings (SSSR count). The second-order valence-corrected chi connectivity index (χ2v) is 6.24. The second kappa shape index (κ2) is 6.48. The number of benzene rings is 1. The first-order chi connectivity index (χ1) is 11.0. The molecule has 1 heterocycles. The summed E-state index contributed by atoms with van der Waals surface area (Å²) in [6.45, 7) is 2.13. The Morgan fingerprint density at radius 1 is 1.22 bits per heavy atom. The number of rotatable bonds is 4. The van der Waals surface area contributed by atoms with Gasteiger partial charge in [-0.2, -0.15) is 0 Å². The maximum absolute atomic E-state index is 12.4. The Kier molecular flexibility index (Phi) is 4.41. The molecular formula is C17H21NO5. The van der Waals surface area contributed by atoms with Gasteiger partial charge in [0.05, 0.1) is 12.0 Å². The third-order valence-electron chi connectivity index (χ3n) is 4.65. The Bertz CT molecular complexity index is 615. The lowest BCUT2D eigenvalue weighted by atomic mass is 9.81. The molecule has 0 spiro atoms. The first kappa shape index (κ1) is 15.6. The van der Waals surface area contributed by atoms with E-state index in [1.54, 1.807) is 0 Å². The highest BCUT2D eigenvalue weighted by Crippen LogP contribution is 2.34. The highest BCUT2D eigenvalue weighted by Gasteiger charge is 2.31. The number of amides is 1. The van der Waals surface area contributed by atoms with E-state index in [9.17, 15) is 9.59 Å². The number of fused-ring (bicyclic) bond motifs is 1. The lowest BCUT2D eigenvalue weighted by molar-refractivity contribution is -0.144. The molecule has 3 unspecified atom stereocenters. The van der Waals surface area contributed by atoms with Gasteiger partial charge in [-0.15, -0.1) is 0 Å². The van der Waals surface area contributed by atoms with Crippen molar-refractivity contribution in [2.45, 2.75) is 38.6 Å². The minimum Gasteiger partial charge on any atom is -0.481 e. The molecular weight excluding hydrogens is 298 g/mol. The van der Waals surface area contributed by atoms with E-state index in [0.717, 1.165) is 18.4 Å². The molecule has 1 fully saturated rings. The highest BCUT2D eigenvalue weighted by atomic mass is 16.7. The van der Waals surface area contributed by atoms with E-state index in [1.165, 1.54) is 0 Å². The van der Waals surface area contributed by atoms with Crippen LogP contribution >= 0.6 is 0 Å². The predicted octanol–water partition coefficient (Wildman–Crippen LogP) is 2.48. The minimum atomic E-state index is -0.800. The zero-order valence-corrected chi connectivity index (χ0v) is 13.1. The fourth-order valence-electron chi connectivity index (χ4n) is 3.25. The number of carbonyl (C=O) groups excluding carboxylic acids is 1. The van der Waals surface area contributed by atoms with Gasteiger partial charge in [-0.25, -0.2) is 0 Å². The fraction of sp³-hybridized carbons (Fsp3) is 0.529. The zero-order chi connectivity index (χ0) is 16.4. The maximum atomic E-state index is 12.4. The van der Waals surface area contributed by atoms with Crippen LogP contribution in [0.2, 0.25) is 0 Å². The third kappa shape index (κ3) is 3.41. The Balaban J connectivity index is 1.62. The molecule has 1 saturated carbocycles. The van der Waals surface area contributed by atoms with Crippen LogP contribution in [0.4, 0.5) is 0 Å². The van der Waals surface area contributed by atoms with Crippen LogP contribution < -0.4 is 14.8 Å². The average molecular weight is 319 g/mol. The molecule has 124 valence electrons. The second-order valence-electron chi connectivity index (χ2n) is 6.24. The van der Waals surface area contributed by atoms with Crippen LogP contribution in [-0.4, -0.2) is 23.8 Å². The van der Waals surface area contributed by atoms with Crippen molar-refractivity contribution in [2.75, 3.05) is 6.79 Å². The number of nitrogens with one attached hydrogen (secondary N) is 1. The van der Waals surface area contributed by atoms with Gasteiger partial charge in [-0.3, -0.25) is 9.59 Å². The van der Waals surface area contributed by atoms with E-state index in [0.29, 0.717) is 24.3 Å². The van der Waals surface area contributed by atoms with Gasteiger partial charge in [0.15, 0.2) is 11.5 Å².